The number of hydrogen-bond donors (Lipinski definition) is 2. The first-order chi connectivity index (χ1) is 9.47. The number of rotatable bonds is 4. The average molecular weight is 317 g/mol. The van der Waals surface area contributed by atoms with E-state index in [0.29, 0.717) is 24.0 Å². The molecule has 1 saturated carbocycles. The van der Waals surface area contributed by atoms with Crippen molar-refractivity contribution in [3.05, 3.63) is 23.2 Å². The van der Waals surface area contributed by atoms with Gasteiger partial charge in [0.1, 0.15) is 4.90 Å². The third kappa shape index (κ3) is 2.79. The Bertz CT molecular complexity index is 616. The Morgan fingerprint density at radius 3 is 2.70 bits per heavy atom. The molecule has 2 atom stereocenters. The second kappa shape index (κ2) is 5.18. The van der Waals surface area contributed by atoms with Crippen molar-refractivity contribution in [3.63, 3.8) is 0 Å². The topological polar surface area (TPSA) is 81.4 Å². The molecule has 1 aromatic rings. The molecular weight excluding hydrogens is 300 g/mol. The standard InChI is InChI=1S/C13H17ClN2O3S/c14-9-3-4-12(10(15)7-9)20(17,18)16-11-5-6-19-13(11)8-1-2-8/h3-4,7-8,11,13,16H,1-2,5-6,15H2. The molecule has 1 saturated heterocycles. The van der Waals surface area contributed by atoms with Crippen LogP contribution in [0, 0.1) is 5.92 Å². The molecule has 1 heterocycles. The van der Waals surface area contributed by atoms with Gasteiger partial charge in [0.2, 0.25) is 10.0 Å². The summed E-state index contributed by atoms with van der Waals surface area (Å²) in [6.07, 6.45) is 2.93. The molecule has 20 heavy (non-hydrogen) atoms. The largest absolute Gasteiger partial charge is 0.398 e. The fraction of sp³-hybridized carbons (Fsp3) is 0.538. The van der Waals surface area contributed by atoms with Crippen LogP contribution < -0.4 is 10.5 Å². The van der Waals surface area contributed by atoms with Crippen LogP contribution in [0.25, 0.3) is 0 Å². The SMILES string of the molecule is Nc1cc(Cl)ccc1S(=O)(=O)NC1CCOC1C1CC1. The second-order valence-electron chi connectivity index (χ2n) is 5.37. The van der Waals surface area contributed by atoms with Crippen molar-refractivity contribution in [1.29, 1.82) is 0 Å². The van der Waals surface area contributed by atoms with Crippen molar-refractivity contribution in [2.24, 2.45) is 5.92 Å². The van der Waals surface area contributed by atoms with Gasteiger partial charge in [-0.15, -0.1) is 0 Å². The summed E-state index contributed by atoms with van der Waals surface area (Å²) in [6.45, 7) is 0.602. The molecule has 2 aliphatic rings. The summed E-state index contributed by atoms with van der Waals surface area (Å²) in [7, 11) is -3.64. The molecule has 2 unspecified atom stereocenters. The van der Waals surface area contributed by atoms with Crippen molar-refractivity contribution >= 4 is 27.3 Å². The molecule has 0 amide bonds. The van der Waals surface area contributed by atoms with Crippen LogP contribution in [-0.2, 0) is 14.8 Å². The third-order valence-electron chi connectivity index (χ3n) is 3.79. The number of nitrogen functional groups attached to an aromatic ring is 1. The maximum atomic E-state index is 12.4. The van der Waals surface area contributed by atoms with Gasteiger partial charge in [0.25, 0.3) is 0 Å². The maximum absolute atomic E-state index is 12.4. The van der Waals surface area contributed by atoms with E-state index in [1.165, 1.54) is 18.2 Å². The fourth-order valence-electron chi connectivity index (χ4n) is 2.65. The van der Waals surface area contributed by atoms with Crippen LogP contribution in [0.4, 0.5) is 5.69 Å². The second-order valence-corrected chi connectivity index (χ2v) is 7.49. The van der Waals surface area contributed by atoms with E-state index in [2.05, 4.69) is 4.72 Å². The van der Waals surface area contributed by atoms with Crippen molar-refractivity contribution in [1.82, 2.24) is 4.72 Å². The number of halogens is 1. The van der Waals surface area contributed by atoms with Crippen LogP contribution in [-0.4, -0.2) is 27.2 Å². The van der Waals surface area contributed by atoms with E-state index in [0.717, 1.165) is 12.8 Å². The molecule has 0 spiro atoms. The summed E-state index contributed by atoms with van der Waals surface area (Å²) < 4.78 is 33.2. The zero-order valence-corrected chi connectivity index (χ0v) is 12.5. The molecule has 110 valence electrons. The summed E-state index contributed by atoms with van der Waals surface area (Å²) in [5.41, 5.74) is 5.91. The molecule has 0 aromatic heterocycles. The van der Waals surface area contributed by atoms with Crippen LogP contribution in [0.5, 0.6) is 0 Å². The van der Waals surface area contributed by atoms with Crippen molar-refractivity contribution < 1.29 is 13.2 Å². The monoisotopic (exact) mass is 316 g/mol. The highest BCUT2D eigenvalue weighted by atomic mass is 35.5. The molecule has 1 aliphatic heterocycles. The Labute approximate surface area is 123 Å². The Hall–Kier alpha value is -0.820. The van der Waals surface area contributed by atoms with E-state index >= 15 is 0 Å². The summed E-state index contributed by atoms with van der Waals surface area (Å²) >= 11 is 5.80. The van der Waals surface area contributed by atoms with Crippen molar-refractivity contribution in [2.45, 2.75) is 36.3 Å². The Kier molecular flexibility index (Phi) is 3.66. The molecule has 1 aliphatic carbocycles. The van der Waals surface area contributed by atoms with E-state index in [9.17, 15) is 8.42 Å². The van der Waals surface area contributed by atoms with Crippen LogP contribution in [0.2, 0.25) is 5.02 Å². The summed E-state index contributed by atoms with van der Waals surface area (Å²) in [6, 6.07) is 4.24. The van der Waals surface area contributed by atoms with Gasteiger partial charge in [-0.3, -0.25) is 0 Å². The number of anilines is 1. The molecule has 0 bridgehead atoms. The summed E-state index contributed by atoms with van der Waals surface area (Å²) in [5.74, 6) is 0.493. The number of nitrogens with one attached hydrogen (secondary N) is 1. The van der Waals surface area contributed by atoms with Gasteiger partial charge in [-0.05, 0) is 43.4 Å². The van der Waals surface area contributed by atoms with Crippen molar-refractivity contribution in [3.8, 4) is 0 Å². The number of sulfonamides is 1. The van der Waals surface area contributed by atoms with Crippen LogP contribution in [0.3, 0.4) is 0 Å². The lowest BCUT2D eigenvalue weighted by molar-refractivity contribution is 0.0848. The molecule has 0 radical (unpaired) electrons. The lowest BCUT2D eigenvalue weighted by atomic mass is 10.1. The quantitative estimate of drug-likeness (QED) is 0.829. The van der Waals surface area contributed by atoms with E-state index in [4.69, 9.17) is 22.1 Å². The van der Waals surface area contributed by atoms with Crippen LogP contribution >= 0.6 is 11.6 Å². The highest BCUT2D eigenvalue weighted by molar-refractivity contribution is 7.89. The van der Waals surface area contributed by atoms with Gasteiger partial charge in [0.15, 0.2) is 0 Å². The number of hydrogen-bond acceptors (Lipinski definition) is 4. The molecule has 1 aromatic carbocycles. The Balaban J connectivity index is 1.81. The first kappa shape index (κ1) is 14.1. The lowest BCUT2D eigenvalue weighted by Crippen LogP contribution is -2.41. The number of ether oxygens (including phenoxy) is 1. The normalized spacial score (nSPS) is 26.9. The van der Waals surface area contributed by atoms with Gasteiger partial charge in [-0.25, -0.2) is 13.1 Å². The lowest BCUT2D eigenvalue weighted by Gasteiger charge is -2.20. The fourth-order valence-corrected chi connectivity index (χ4v) is 4.23. The number of benzene rings is 1. The minimum absolute atomic E-state index is 0.00157. The summed E-state index contributed by atoms with van der Waals surface area (Å²) in [4.78, 5) is 0.0725. The predicted octanol–water partition coefficient (Wildman–Crippen LogP) is 1.77. The van der Waals surface area contributed by atoms with E-state index in [1.54, 1.807) is 0 Å². The average Bonchev–Trinajstić information content (AvgIpc) is 3.10. The van der Waals surface area contributed by atoms with E-state index in [1.807, 2.05) is 0 Å². The number of nitrogens with two attached hydrogens (primary N) is 1. The molecule has 3 rings (SSSR count). The van der Waals surface area contributed by atoms with Gasteiger partial charge in [-0.2, -0.15) is 0 Å². The Morgan fingerprint density at radius 2 is 2.05 bits per heavy atom. The van der Waals surface area contributed by atoms with Gasteiger partial charge in [0, 0.05) is 11.6 Å². The molecule has 7 heteroatoms. The summed E-state index contributed by atoms with van der Waals surface area (Å²) in [5, 5.41) is 0.418. The first-order valence-electron chi connectivity index (χ1n) is 6.66. The van der Waals surface area contributed by atoms with Crippen LogP contribution in [0.1, 0.15) is 19.3 Å². The van der Waals surface area contributed by atoms with Crippen molar-refractivity contribution in [2.75, 3.05) is 12.3 Å². The molecule has 5 nitrogen and oxygen atoms in total. The minimum atomic E-state index is -3.64. The predicted molar refractivity (Wildman–Crippen MR) is 77.1 cm³/mol. The highest BCUT2D eigenvalue weighted by Gasteiger charge is 2.42. The first-order valence-corrected chi connectivity index (χ1v) is 8.52. The molecule has 2 fully saturated rings. The van der Waals surface area contributed by atoms with E-state index in [-0.39, 0.29) is 22.7 Å². The highest BCUT2D eigenvalue weighted by Crippen LogP contribution is 2.39. The zero-order chi connectivity index (χ0) is 14.3. The van der Waals surface area contributed by atoms with Gasteiger partial charge >= 0.3 is 0 Å². The maximum Gasteiger partial charge on any atom is 0.242 e. The molecular formula is C13H17ClN2O3S. The minimum Gasteiger partial charge on any atom is -0.398 e. The van der Waals surface area contributed by atoms with E-state index < -0.39 is 10.0 Å². The van der Waals surface area contributed by atoms with Gasteiger partial charge in [0.05, 0.1) is 17.8 Å². The molecule has 3 N–H and O–H groups in total. The third-order valence-corrected chi connectivity index (χ3v) is 5.59. The van der Waals surface area contributed by atoms with Gasteiger partial charge in [-0.1, -0.05) is 11.6 Å². The zero-order valence-electron chi connectivity index (χ0n) is 10.9. The van der Waals surface area contributed by atoms with Crippen LogP contribution in [0.15, 0.2) is 23.1 Å². The smallest absolute Gasteiger partial charge is 0.242 e. The van der Waals surface area contributed by atoms with Gasteiger partial charge < -0.3 is 10.5 Å². The Morgan fingerprint density at radius 1 is 1.30 bits per heavy atom.